The highest BCUT2D eigenvalue weighted by molar-refractivity contribution is 5.96. The van der Waals surface area contributed by atoms with Crippen LogP contribution in [0.3, 0.4) is 0 Å². The van der Waals surface area contributed by atoms with E-state index in [4.69, 9.17) is 16.0 Å². The molecule has 0 saturated carbocycles. The average molecular weight is 279 g/mol. The third kappa shape index (κ3) is 3.58. The van der Waals surface area contributed by atoms with Gasteiger partial charge in [0.25, 0.3) is 0 Å². The number of aliphatic hydroxyl groups excluding tert-OH is 1. The summed E-state index contributed by atoms with van der Waals surface area (Å²) in [5.41, 5.74) is 6.12. The Morgan fingerprint density at radius 1 is 1.30 bits per heavy atom. The third-order valence-corrected chi connectivity index (χ3v) is 3.48. The van der Waals surface area contributed by atoms with Crippen molar-refractivity contribution in [1.29, 1.82) is 0 Å². The average Bonchev–Trinajstić information content (AvgIpc) is 2.73. The molecule has 1 saturated heterocycles. The fourth-order valence-electron chi connectivity index (χ4n) is 2.35. The normalized spacial score (nSPS) is 18.1. The molecule has 0 aliphatic carbocycles. The molecule has 0 bridgehead atoms. The molecule has 1 fully saturated rings. The van der Waals surface area contributed by atoms with Crippen LogP contribution in [0, 0.1) is 0 Å². The lowest BCUT2D eigenvalue weighted by molar-refractivity contribution is 0.204. The van der Waals surface area contributed by atoms with Crippen molar-refractivity contribution < 1.29 is 10.3 Å². The number of β-amino-alcohol motifs (C(OH)–C–C–N with tert-alkyl or cyclic N) is 1. The van der Waals surface area contributed by atoms with Gasteiger partial charge in [-0.3, -0.25) is 4.90 Å². The molecule has 0 spiro atoms. The number of aromatic nitrogens is 1. The van der Waals surface area contributed by atoms with Crippen molar-refractivity contribution in [3.05, 3.63) is 23.9 Å². The number of anilines is 1. The first kappa shape index (κ1) is 14.5. The zero-order valence-corrected chi connectivity index (χ0v) is 11.4. The maximum Gasteiger partial charge on any atom is 0.171 e. The van der Waals surface area contributed by atoms with Crippen molar-refractivity contribution >= 4 is 11.7 Å². The van der Waals surface area contributed by atoms with Gasteiger partial charge in [0, 0.05) is 37.9 Å². The summed E-state index contributed by atoms with van der Waals surface area (Å²) >= 11 is 0. The molecule has 7 nitrogen and oxygen atoms in total. The van der Waals surface area contributed by atoms with Crippen molar-refractivity contribution in [2.24, 2.45) is 10.9 Å². The topological polar surface area (TPSA) is 98.2 Å². The largest absolute Gasteiger partial charge is 0.409 e. The highest BCUT2D eigenvalue weighted by Gasteiger charge is 2.15. The summed E-state index contributed by atoms with van der Waals surface area (Å²) in [5, 5.41) is 20.6. The molecule has 1 aliphatic heterocycles. The summed E-state index contributed by atoms with van der Waals surface area (Å²) in [7, 11) is 0. The van der Waals surface area contributed by atoms with Gasteiger partial charge in [0.15, 0.2) is 5.84 Å². The van der Waals surface area contributed by atoms with Gasteiger partial charge in [0.2, 0.25) is 0 Å². The zero-order chi connectivity index (χ0) is 14.4. The van der Waals surface area contributed by atoms with Gasteiger partial charge >= 0.3 is 0 Å². The Kier molecular flexibility index (Phi) is 5.14. The summed E-state index contributed by atoms with van der Waals surface area (Å²) in [6, 6.07) is 3.68. The fraction of sp³-hybridized carbons (Fsp3) is 0.538. The molecule has 0 atom stereocenters. The van der Waals surface area contributed by atoms with Crippen LogP contribution >= 0.6 is 0 Å². The molecule has 2 heterocycles. The van der Waals surface area contributed by atoms with Crippen LogP contribution in [0.2, 0.25) is 0 Å². The first-order valence-electron chi connectivity index (χ1n) is 6.76. The summed E-state index contributed by atoms with van der Waals surface area (Å²) < 4.78 is 0. The molecular formula is C13H21N5O2. The van der Waals surface area contributed by atoms with Crippen molar-refractivity contribution in [2.75, 3.05) is 44.2 Å². The molecule has 1 aliphatic rings. The number of amidine groups is 1. The van der Waals surface area contributed by atoms with E-state index in [0.29, 0.717) is 5.56 Å². The van der Waals surface area contributed by atoms with Crippen LogP contribution in [0.1, 0.15) is 12.0 Å². The number of nitrogens with two attached hydrogens (primary N) is 1. The van der Waals surface area contributed by atoms with Crippen molar-refractivity contribution in [1.82, 2.24) is 9.88 Å². The summed E-state index contributed by atoms with van der Waals surface area (Å²) in [6.45, 7) is 4.67. The van der Waals surface area contributed by atoms with E-state index in [-0.39, 0.29) is 12.4 Å². The van der Waals surface area contributed by atoms with Gasteiger partial charge in [-0.2, -0.15) is 0 Å². The zero-order valence-electron chi connectivity index (χ0n) is 11.4. The Morgan fingerprint density at radius 2 is 2.15 bits per heavy atom. The lowest BCUT2D eigenvalue weighted by Gasteiger charge is -2.22. The molecular weight excluding hydrogens is 258 g/mol. The second-order valence-corrected chi connectivity index (χ2v) is 4.80. The van der Waals surface area contributed by atoms with Gasteiger partial charge in [-0.05, 0) is 25.1 Å². The summed E-state index contributed by atoms with van der Waals surface area (Å²) in [6.07, 6.45) is 2.66. The minimum atomic E-state index is 0.0639. The number of pyridine rings is 1. The predicted molar refractivity (Wildman–Crippen MR) is 77.1 cm³/mol. The van der Waals surface area contributed by atoms with Crippen LogP contribution in [0.4, 0.5) is 5.82 Å². The number of aliphatic hydroxyl groups is 1. The first-order valence-corrected chi connectivity index (χ1v) is 6.76. The number of rotatable bonds is 4. The van der Waals surface area contributed by atoms with E-state index in [2.05, 4.69) is 19.9 Å². The predicted octanol–water partition coefficient (Wildman–Crippen LogP) is -0.320. The second kappa shape index (κ2) is 7.06. The van der Waals surface area contributed by atoms with Crippen LogP contribution in [0.15, 0.2) is 23.5 Å². The van der Waals surface area contributed by atoms with Gasteiger partial charge in [-0.15, -0.1) is 0 Å². The second-order valence-electron chi connectivity index (χ2n) is 4.80. The highest BCUT2D eigenvalue weighted by Crippen LogP contribution is 2.14. The lowest BCUT2D eigenvalue weighted by atomic mass is 10.2. The quantitative estimate of drug-likeness (QED) is 0.302. The minimum Gasteiger partial charge on any atom is -0.409 e. The molecule has 20 heavy (non-hydrogen) atoms. The molecule has 0 unspecified atom stereocenters. The standard InChI is InChI=1S/C13H21N5O2/c14-13(16-20)11-2-3-12(15-10-11)18-5-1-4-17(6-7-18)8-9-19/h2-3,10,19-20H,1,4-9H2,(H2,14,16). The Balaban J connectivity index is 2.01. The molecule has 1 aromatic heterocycles. The van der Waals surface area contributed by atoms with E-state index in [1.807, 2.05) is 6.07 Å². The smallest absolute Gasteiger partial charge is 0.171 e. The van der Waals surface area contributed by atoms with Crippen LogP contribution in [-0.2, 0) is 0 Å². The van der Waals surface area contributed by atoms with Crippen molar-refractivity contribution in [3.63, 3.8) is 0 Å². The molecule has 2 rings (SSSR count). The maximum atomic E-state index is 8.99. The van der Waals surface area contributed by atoms with E-state index >= 15 is 0 Å². The van der Waals surface area contributed by atoms with Gasteiger partial charge in [0.1, 0.15) is 5.82 Å². The number of hydrogen-bond acceptors (Lipinski definition) is 6. The van der Waals surface area contributed by atoms with E-state index in [1.165, 1.54) is 0 Å². The van der Waals surface area contributed by atoms with Crippen molar-refractivity contribution in [2.45, 2.75) is 6.42 Å². The van der Waals surface area contributed by atoms with E-state index in [1.54, 1.807) is 12.3 Å². The third-order valence-electron chi connectivity index (χ3n) is 3.48. The molecule has 7 heteroatoms. The van der Waals surface area contributed by atoms with Gasteiger partial charge in [-0.1, -0.05) is 5.16 Å². The Bertz CT molecular complexity index is 449. The van der Waals surface area contributed by atoms with Gasteiger partial charge in [0.05, 0.1) is 6.61 Å². The Labute approximate surface area is 118 Å². The van der Waals surface area contributed by atoms with Crippen LogP contribution in [0.5, 0.6) is 0 Å². The fourth-order valence-corrected chi connectivity index (χ4v) is 2.35. The summed E-state index contributed by atoms with van der Waals surface area (Å²) in [5.74, 6) is 0.958. The highest BCUT2D eigenvalue weighted by atomic mass is 16.4. The molecule has 110 valence electrons. The Morgan fingerprint density at radius 3 is 2.80 bits per heavy atom. The summed E-state index contributed by atoms with van der Waals surface area (Å²) in [4.78, 5) is 8.84. The SMILES string of the molecule is N/C(=N/O)c1ccc(N2CCCN(CCO)CC2)nc1. The molecule has 1 aromatic rings. The number of oxime groups is 1. The number of hydrogen-bond donors (Lipinski definition) is 3. The molecule has 0 amide bonds. The first-order chi connectivity index (χ1) is 9.74. The maximum absolute atomic E-state index is 8.99. The van der Waals surface area contributed by atoms with E-state index in [9.17, 15) is 0 Å². The number of nitrogens with zero attached hydrogens (tertiary/aromatic N) is 4. The van der Waals surface area contributed by atoms with Crippen LogP contribution in [0.25, 0.3) is 0 Å². The molecule has 4 N–H and O–H groups in total. The monoisotopic (exact) mass is 279 g/mol. The molecule has 0 radical (unpaired) electrons. The van der Waals surface area contributed by atoms with Gasteiger partial charge < -0.3 is 20.9 Å². The minimum absolute atomic E-state index is 0.0639. The van der Waals surface area contributed by atoms with Crippen molar-refractivity contribution in [3.8, 4) is 0 Å². The van der Waals surface area contributed by atoms with Gasteiger partial charge in [-0.25, -0.2) is 4.98 Å². The van der Waals surface area contributed by atoms with E-state index in [0.717, 1.165) is 45.0 Å². The van der Waals surface area contributed by atoms with E-state index < -0.39 is 0 Å². The van der Waals surface area contributed by atoms with Crippen LogP contribution < -0.4 is 10.6 Å². The molecule has 0 aromatic carbocycles. The Hall–Kier alpha value is -1.86. The van der Waals surface area contributed by atoms with Crippen LogP contribution in [-0.4, -0.2) is 65.4 Å². The lowest BCUT2D eigenvalue weighted by Crippen LogP contribution is -2.32.